The Morgan fingerprint density at radius 1 is 1.62 bits per heavy atom. The molecule has 5 nitrogen and oxygen atoms in total. The van der Waals surface area contributed by atoms with Crippen LogP contribution in [0.4, 0.5) is 5.82 Å². The lowest BCUT2D eigenvalue weighted by Crippen LogP contribution is -2.08. The van der Waals surface area contributed by atoms with Gasteiger partial charge in [0.05, 0.1) is 5.56 Å². The molecule has 1 unspecified atom stereocenters. The molecule has 2 N–H and O–H groups in total. The molecule has 0 aliphatic heterocycles. The van der Waals surface area contributed by atoms with Crippen LogP contribution in [0, 0.1) is 0 Å². The number of nitrogens with one attached hydrogen (secondary N) is 1. The van der Waals surface area contributed by atoms with E-state index in [9.17, 15) is 9.00 Å². The van der Waals surface area contributed by atoms with Crippen molar-refractivity contribution in [3.63, 3.8) is 0 Å². The average Bonchev–Trinajstić information content (AvgIpc) is 2.24. The van der Waals surface area contributed by atoms with Crippen LogP contribution in [0.3, 0.4) is 0 Å². The van der Waals surface area contributed by atoms with E-state index in [0.29, 0.717) is 18.1 Å². The number of pyridine rings is 1. The van der Waals surface area contributed by atoms with E-state index in [1.165, 1.54) is 18.3 Å². The van der Waals surface area contributed by atoms with Crippen LogP contribution >= 0.6 is 0 Å². The Bertz CT molecular complexity index is 395. The standard InChI is InChI=1S/C10H14N2O3S/c1-16(15)6-2-4-11-9-7-8(10(13)14)3-5-12-9/h3,5,7H,2,4,6H2,1H3,(H,11,12)(H,13,14). The first kappa shape index (κ1) is 12.6. The number of nitrogens with zero attached hydrogens (tertiary/aromatic N) is 1. The van der Waals surface area contributed by atoms with Crippen molar-refractivity contribution in [2.75, 3.05) is 23.9 Å². The summed E-state index contributed by atoms with van der Waals surface area (Å²) in [5.74, 6) is 0.188. The van der Waals surface area contributed by atoms with Crippen LogP contribution in [0.5, 0.6) is 0 Å². The van der Waals surface area contributed by atoms with Crippen LogP contribution in [0.2, 0.25) is 0 Å². The molecule has 0 aliphatic carbocycles. The van der Waals surface area contributed by atoms with E-state index >= 15 is 0 Å². The summed E-state index contributed by atoms with van der Waals surface area (Å²) in [6, 6.07) is 2.92. The van der Waals surface area contributed by atoms with Gasteiger partial charge in [-0.15, -0.1) is 0 Å². The molecule has 16 heavy (non-hydrogen) atoms. The van der Waals surface area contributed by atoms with E-state index in [1.807, 2.05) is 0 Å². The van der Waals surface area contributed by atoms with E-state index in [2.05, 4.69) is 10.3 Å². The SMILES string of the molecule is CS(=O)CCCNc1cc(C(=O)O)ccn1. The molecule has 0 amide bonds. The van der Waals surface area contributed by atoms with Crippen molar-refractivity contribution in [3.8, 4) is 0 Å². The first-order valence-corrected chi connectivity index (χ1v) is 6.55. The molecule has 88 valence electrons. The summed E-state index contributed by atoms with van der Waals surface area (Å²) in [5.41, 5.74) is 0.205. The summed E-state index contributed by atoms with van der Waals surface area (Å²) in [7, 11) is -0.790. The topological polar surface area (TPSA) is 79.3 Å². The molecule has 0 aliphatic rings. The third-order valence-corrected chi connectivity index (χ3v) is 2.79. The highest BCUT2D eigenvalue weighted by Crippen LogP contribution is 2.06. The van der Waals surface area contributed by atoms with Gasteiger partial charge in [-0.2, -0.15) is 0 Å². The van der Waals surface area contributed by atoms with Crippen molar-refractivity contribution in [3.05, 3.63) is 23.9 Å². The van der Waals surface area contributed by atoms with Crippen LogP contribution in [0.15, 0.2) is 18.3 Å². The van der Waals surface area contributed by atoms with Gasteiger partial charge >= 0.3 is 5.97 Å². The smallest absolute Gasteiger partial charge is 0.335 e. The molecule has 1 aromatic rings. The number of aromatic carboxylic acids is 1. The molecule has 0 fully saturated rings. The number of aromatic nitrogens is 1. The van der Waals surface area contributed by atoms with Gasteiger partial charge in [0, 0.05) is 35.5 Å². The summed E-state index contributed by atoms with van der Waals surface area (Å²) in [5, 5.41) is 11.7. The second kappa shape index (κ2) is 6.22. The zero-order valence-electron chi connectivity index (χ0n) is 8.97. The second-order valence-electron chi connectivity index (χ2n) is 3.29. The van der Waals surface area contributed by atoms with Gasteiger partial charge in [0.1, 0.15) is 5.82 Å². The quantitative estimate of drug-likeness (QED) is 0.726. The monoisotopic (exact) mass is 242 g/mol. The third-order valence-electron chi connectivity index (χ3n) is 1.92. The molecular weight excluding hydrogens is 228 g/mol. The van der Waals surface area contributed by atoms with Gasteiger partial charge in [0.15, 0.2) is 0 Å². The van der Waals surface area contributed by atoms with Gasteiger partial charge in [0.2, 0.25) is 0 Å². The summed E-state index contributed by atoms with van der Waals surface area (Å²) < 4.78 is 10.8. The summed E-state index contributed by atoms with van der Waals surface area (Å²) >= 11 is 0. The van der Waals surface area contributed by atoms with Gasteiger partial charge in [-0.25, -0.2) is 9.78 Å². The van der Waals surface area contributed by atoms with E-state index in [0.717, 1.165) is 6.42 Å². The molecule has 0 radical (unpaired) electrons. The van der Waals surface area contributed by atoms with Crippen molar-refractivity contribution in [1.29, 1.82) is 0 Å². The number of rotatable bonds is 6. The Balaban J connectivity index is 2.45. The average molecular weight is 242 g/mol. The molecule has 6 heteroatoms. The molecular formula is C10H14N2O3S. The number of carboxylic acids is 1. The molecule has 0 aromatic carbocycles. The largest absolute Gasteiger partial charge is 0.478 e. The van der Waals surface area contributed by atoms with Gasteiger partial charge in [-0.05, 0) is 18.6 Å². The van der Waals surface area contributed by atoms with Crippen LogP contribution in [0.25, 0.3) is 0 Å². The highest BCUT2D eigenvalue weighted by Gasteiger charge is 2.03. The lowest BCUT2D eigenvalue weighted by molar-refractivity contribution is 0.0697. The number of hydrogen-bond donors (Lipinski definition) is 2. The second-order valence-corrected chi connectivity index (χ2v) is 4.85. The maximum atomic E-state index is 10.8. The fraction of sp³-hybridized carbons (Fsp3) is 0.400. The zero-order valence-corrected chi connectivity index (χ0v) is 9.79. The van der Waals surface area contributed by atoms with Crippen LogP contribution in [-0.4, -0.2) is 38.8 Å². The minimum atomic E-state index is -0.972. The third kappa shape index (κ3) is 4.39. The van der Waals surface area contributed by atoms with Gasteiger partial charge in [-0.1, -0.05) is 0 Å². The highest BCUT2D eigenvalue weighted by molar-refractivity contribution is 7.84. The Hall–Kier alpha value is -1.43. The minimum Gasteiger partial charge on any atom is -0.478 e. The molecule has 0 spiro atoms. The van der Waals surface area contributed by atoms with Crippen LogP contribution < -0.4 is 5.32 Å². The van der Waals surface area contributed by atoms with Gasteiger partial charge < -0.3 is 10.4 Å². The van der Waals surface area contributed by atoms with Gasteiger partial charge in [0.25, 0.3) is 0 Å². The fourth-order valence-electron chi connectivity index (χ4n) is 1.15. The molecule has 0 saturated carbocycles. The molecule has 1 atom stereocenters. The number of hydrogen-bond acceptors (Lipinski definition) is 4. The highest BCUT2D eigenvalue weighted by atomic mass is 32.2. The first-order valence-electron chi connectivity index (χ1n) is 4.83. The van der Waals surface area contributed by atoms with Crippen molar-refractivity contribution in [2.24, 2.45) is 0 Å². The summed E-state index contributed by atoms with van der Waals surface area (Å²) in [6.45, 7) is 0.635. The predicted octanol–water partition coefficient (Wildman–Crippen LogP) is 0.960. The normalized spacial score (nSPS) is 12.1. The van der Waals surface area contributed by atoms with E-state index in [-0.39, 0.29) is 5.56 Å². The minimum absolute atomic E-state index is 0.205. The van der Waals surface area contributed by atoms with Gasteiger partial charge in [-0.3, -0.25) is 4.21 Å². The number of carboxylic acid groups (broad SMARTS) is 1. The summed E-state index contributed by atoms with van der Waals surface area (Å²) in [4.78, 5) is 14.7. The van der Waals surface area contributed by atoms with E-state index in [4.69, 9.17) is 5.11 Å². The lowest BCUT2D eigenvalue weighted by atomic mass is 10.2. The lowest BCUT2D eigenvalue weighted by Gasteiger charge is -2.05. The molecule has 1 heterocycles. The van der Waals surface area contributed by atoms with E-state index in [1.54, 1.807) is 6.26 Å². The summed E-state index contributed by atoms with van der Waals surface area (Å²) in [6.07, 6.45) is 3.87. The Morgan fingerprint density at radius 2 is 2.38 bits per heavy atom. The van der Waals surface area contributed by atoms with Crippen molar-refractivity contribution < 1.29 is 14.1 Å². The van der Waals surface area contributed by atoms with Crippen LogP contribution in [-0.2, 0) is 10.8 Å². The number of carbonyl (C=O) groups is 1. The Labute approximate surface area is 96.4 Å². The molecule has 1 aromatic heterocycles. The Kier molecular flexibility index (Phi) is 4.91. The maximum absolute atomic E-state index is 10.8. The fourth-order valence-corrected chi connectivity index (χ4v) is 1.70. The first-order chi connectivity index (χ1) is 7.59. The maximum Gasteiger partial charge on any atom is 0.335 e. The molecule has 0 saturated heterocycles. The van der Waals surface area contributed by atoms with Crippen molar-refractivity contribution in [1.82, 2.24) is 4.98 Å². The van der Waals surface area contributed by atoms with Crippen LogP contribution in [0.1, 0.15) is 16.8 Å². The Morgan fingerprint density at radius 3 is 3.00 bits per heavy atom. The zero-order chi connectivity index (χ0) is 12.0. The van der Waals surface area contributed by atoms with Crippen molar-refractivity contribution in [2.45, 2.75) is 6.42 Å². The predicted molar refractivity (Wildman–Crippen MR) is 63.2 cm³/mol. The van der Waals surface area contributed by atoms with E-state index < -0.39 is 16.8 Å². The molecule has 1 rings (SSSR count). The molecule has 0 bridgehead atoms. The number of anilines is 1. The van der Waals surface area contributed by atoms with Crippen molar-refractivity contribution >= 4 is 22.6 Å².